The Kier molecular flexibility index (Phi) is 6.23. The molecular formula is C19H27FN2O4. The average molecular weight is 366 g/mol. The van der Waals surface area contributed by atoms with Gasteiger partial charge in [-0.2, -0.15) is 0 Å². The number of amides is 1. The van der Waals surface area contributed by atoms with Crippen LogP contribution in [0.15, 0.2) is 18.2 Å². The highest BCUT2D eigenvalue weighted by Crippen LogP contribution is 2.28. The van der Waals surface area contributed by atoms with Crippen molar-refractivity contribution >= 4 is 23.3 Å². The van der Waals surface area contributed by atoms with E-state index in [2.05, 4.69) is 5.32 Å². The molecule has 2 N–H and O–H groups in total. The summed E-state index contributed by atoms with van der Waals surface area (Å²) < 4.78 is 20.2. The molecule has 0 spiro atoms. The van der Waals surface area contributed by atoms with Crippen LogP contribution in [0.3, 0.4) is 0 Å². The molecule has 0 unspecified atom stereocenters. The molecule has 2 rings (SSSR count). The molecule has 2 atom stereocenters. The Bertz CT molecular complexity index is 668. The number of rotatable bonds is 6. The number of morpholine rings is 1. The number of carbonyl (C=O) groups excluding carboxylic acids is 1. The van der Waals surface area contributed by atoms with Crippen LogP contribution in [-0.4, -0.2) is 42.3 Å². The summed E-state index contributed by atoms with van der Waals surface area (Å²) in [5, 5.41) is 11.5. The molecule has 0 saturated carbocycles. The lowest BCUT2D eigenvalue weighted by Crippen LogP contribution is -2.45. The lowest BCUT2D eigenvalue weighted by Gasteiger charge is -2.37. The normalized spacial score (nSPS) is 20.7. The fourth-order valence-electron chi connectivity index (χ4n) is 3.33. The molecule has 1 aromatic rings. The summed E-state index contributed by atoms with van der Waals surface area (Å²) in [5.41, 5.74) is 0.169. The fourth-order valence-corrected chi connectivity index (χ4v) is 3.33. The molecule has 1 aliphatic rings. The third-order valence-electron chi connectivity index (χ3n) is 4.26. The van der Waals surface area contributed by atoms with Gasteiger partial charge in [-0.3, -0.25) is 9.59 Å². The van der Waals surface area contributed by atoms with Crippen LogP contribution in [-0.2, 0) is 14.3 Å². The van der Waals surface area contributed by atoms with Crippen LogP contribution in [0.25, 0.3) is 0 Å². The van der Waals surface area contributed by atoms with Crippen molar-refractivity contribution in [3.05, 3.63) is 24.0 Å². The van der Waals surface area contributed by atoms with E-state index in [-0.39, 0.29) is 31.0 Å². The van der Waals surface area contributed by atoms with Crippen molar-refractivity contribution < 1.29 is 23.8 Å². The Morgan fingerprint density at radius 2 is 1.88 bits per heavy atom. The highest BCUT2D eigenvalue weighted by atomic mass is 19.1. The molecular weight excluding hydrogens is 339 g/mol. The zero-order valence-electron chi connectivity index (χ0n) is 15.7. The number of benzene rings is 1. The second-order valence-electron chi connectivity index (χ2n) is 7.79. The van der Waals surface area contributed by atoms with E-state index < -0.39 is 17.2 Å². The maximum atomic E-state index is 14.5. The van der Waals surface area contributed by atoms with Gasteiger partial charge in [0.05, 0.1) is 24.3 Å². The van der Waals surface area contributed by atoms with Crippen LogP contribution in [0.5, 0.6) is 0 Å². The third-order valence-corrected chi connectivity index (χ3v) is 4.26. The lowest BCUT2D eigenvalue weighted by molar-refractivity contribution is -0.139. The first kappa shape index (κ1) is 20.2. The number of halogens is 1. The van der Waals surface area contributed by atoms with Crippen LogP contribution in [0.2, 0.25) is 0 Å². The highest BCUT2D eigenvalue weighted by Gasteiger charge is 2.26. The fraction of sp³-hybridized carbons (Fsp3) is 0.579. The largest absolute Gasteiger partial charge is 0.481 e. The first-order valence-corrected chi connectivity index (χ1v) is 8.77. The van der Waals surface area contributed by atoms with Gasteiger partial charge in [-0.15, -0.1) is 0 Å². The summed E-state index contributed by atoms with van der Waals surface area (Å²) in [5.74, 6) is -1.70. The monoisotopic (exact) mass is 366 g/mol. The molecule has 144 valence electrons. The van der Waals surface area contributed by atoms with Gasteiger partial charge in [0.25, 0.3) is 0 Å². The van der Waals surface area contributed by atoms with Gasteiger partial charge >= 0.3 is 5.97 Å². The summed E-state index contributed by atoms with van der Waals surface area (Å²) in [7, 11) is 0. The molecule has 1 saturated heterocycles. The van der Waals surface area contributed by atoms with E-state index in [4.69, 9.17) is 9.84 Å². The molecule has 1 aromatic carbocycles. The molecule has 0 aromatic heterocycles. The second kappa shape index (κ2) is 8.03. The minimum absolute atomic E-state index is 0.0222. The van der Waals surface area contributed by atoms with E-state index in [0.717, 1.165) is 0 Å². The molecule has 0 aliphatic carbocycles. The van der Waals surface area contributed by atoms with Gasteiger partial charge in [-0.05, 0) is 37.5 Å². The number of ether oxygens (including phenoxy) is 1. The molecule has 1 aliphatic heterocycles. The molecule has 1 heterocycles. The van der Waals surface area contributed by atoms with E-state index in [1.54, 1.807) is 26.0 Å². The Morgan fingerprint density at radius 3 is 2.42 bits per heavy atom. The number of hydrogen-bond donors (Lipinski definition) is 2. The maximum Gasteiger partial charge on any atom is 0.303 e. The van der Waals surface area contributed by atoms with Crippen molar-refractivity contribution in [3.8, 4) is 0 Å². The zero-order chi connectivity index (χ0) is 19.5. The van der Waals surface area contributed by atoms with E-state index in [1.165, 1.54) is 6.07 Å². The molecule has 7 heteroatoms. The lowest BCUT2D eigenvalue weighted by atomic mass is 9.85. The summed E-state index contributed by atoms with van der Waals surface area (Å²) in [6, 6.07) is 4.60. The van der Waals surface area contributed by atoms with Crippen LogP contribution in [0.4, 0.5) is 15.8 Å². The quantitative estimate of drug-likeness (QED) is 0.808. The smallest absolute Gasteiger partial charge is 0.303 e. The molecule has 26 heavy (non-hydrogen) atoms. The Morgan fingerprint density at radius 1 is 1.27 bits per heavy atom. The third kappa shape index (κ3) is 5.69. The topological polar surface area (TPSA) is 78.9 Å². The number of aliphatic carboxylic acids is 1. The van der Waals surface area contributed by atoms with Crippen molar-refractivity contribution in [2.24, 2.45) is 5.41 Å². The van der Waals surface area contributed by atoms with Gasteiger partial charge in [0.1, 0.15) is 5.82 Å². The number of carboxylic acid groups (broad SMARTS) is 1. The highest BCUT2D eigenvalue weighted by molar-refractivity contribution is 5.91. The van der Waals surface area contributed by atoms with Crippen molar-refractivity contribution in [3.63, 3.8) is 0 Å². The minimum atomic E-state index is -0.952. The standard InChI is InChI=1S/C19H27FN2O4/c1-12-10-22(11-13(2)26-12)16-6-5-14(7-15(16)20)21-17(23)8-19(3,4)9-18(24)25/h5-7,12-13H,8-11H2,1-4H3,(H,21,23)(H,24,25)/t12-,13-/m0/s1. The van der Waals surface area contributed by atoms with Crippen molar-refractivity contribution in [2.75, 3.05) is 23.3 Å². The molecule has 0 radical (unpaired) electrons. The van der Waals surface area contributed by atoms with Crippen LogP contribution < -0.4 is 10.2 Å². The van der Waals surface area contributed by atoms with Gasteiger partial charge in [-0.1, -0.05) is 13.8 Å². The molecule has 1 amide bonds. The second-order valence-corrected chi connectivity index (χ2v) is 7.79. The average Bonchev–Trinajstić information content (AvgIpc) is 2.43. The van der Waals surface area contributed by atoms with Gasteiger partial charge in [-0.25, -0.2) is 4.39 Å². The Hall–Kier alpha value is -2.15. The van der Waals surface area contributed by atoms with Crippen LogP contribution in [0, 0.1) is 11.2 Å². The summed E-state index contributed by atoms with van der Waals surface area (Å²) >= 11 is 0. The van der Waals surface area contributed by atoms with Gasteiger partial charge < -0.3 is 20.1 Å². The summed E-state index contributed by atoms with van der Waals surface area (Å²) in [4.78, 5) is 24.9. The van der Waals surface area contributed by atoms with Crippen molar-refractivity contribution in [1.82, 2.24) is 0 Å². The van der Waals surface area contributed by atoms with Crippen LogP contribution in [0.1, 0.15) is 40.5 Å². The number of hydrogen-bond acceptors (Lipinski definition) is 4. The summed E-state index contributed by atoms with van der Waals surface area (Å²) in [6.07, 6.45) is -0.0227. The van der Waals surface area contributed by atoms with Gasteiger partial charge in [0, 0.05) is 25.2 Å². The van der Waals surface area contributed by atoms with E-state index in [9.17, 15) is 14.0 Å². The zero-order valence-corrected chi connectivity index (χ0v) is 15.7. The predicted molar refractivity (Wildman–Crippen MR) is 97.9 cm³/mol. The number of carbonyl (C=O) groups is 2. The SMILES string of the molecule is C[C@H]1CN(c2ccc(NC(=O)CC(C)(C)CC(=O)O)cc2F)C[C@H](C)O1. The molecule has 6 nitrogen and oxygen atoms in total. The number of nitrogens with one attached hydrogen (secondary N) is 1. The van der Waals surface area contributed by atoms with Crippen LogP contribution >= 0.6 is 0 Å². The Labute approximate surface area is 153 Å². The van der Waals surface area contributed by atoms with Gasteiger partial charge in [0.15, 0.2) is 0 Å². The van der Waals surface area contributed by atoms with E-state index in [0.29, 0.717) is 24.5 Å². The number of anilines is 2. The Balaban J connectivity index is 2.03. The first-order valence-electron chi connectivity index (χ1n) is 8.77. The van der Waals surface area contributed by atoms with E-state index in [1.807, 2.05) is 18.7 Å². The maximum absolute atomic E-state index is 14.5. The molecule has 1 fully saturated rings. The van der Waals surface area contributed by atoms with Crippen molar-refractivity contribution in [2.45, 2.75) is 52.7 Å². The first-order chi connectivity index (χ1) is 12.1. The number of carboxylic acids is 1. The van der Waals surface area contributed by atoms with Gasteiger partial charge in [0.2, 0.25) is 5.91 Å². The summed E-state index contributed by atoms with van der Waals surface area (Å²) in [6.45, 7) is 8.55. The van der Waals surface area contributed by atoms with E-state index >= 15 is 0 Å². The minimum Gasteiger partial charge on any atom is -0.481 e. The van der Waals surface area contributed by atoms with Crippen molar-refractivity contribution in [1.29, 1.82) is 0 Å². The molecule has 0 bridgehead atoms. The number of nitrogens with zero attached hydrogens (tertiary/aromatic N) is 1. The predicted octanol–water partition coefficient (Wildman–Crippen LogP) is 3.27.